The number of nitrogens with zero attached hydrogens (tertiary/aromatic N) is 1. The Hall–Kier alpha value is -1.46. The van der Waals surface area contributed by atoms with E-state index in [0.717, 1.165) is 16.3 Å². The SMILES string of the molecule is CCCNC(C(=O)O)c1ccc(Br)c2cccnc12. The quantitative estimate of drug-likeness (QED) is 0.887. The van der Waals surface area contributed by atoms with Crippen LogP contribution in [-0.2, 0) is 4.79 Å². The molecule has 1 atom stereocenters. The molecule has 0 fully saturated rings. The number of carboxylic acids is 1. The first kappa shape index (κ1) is 14.0. The number of nitrogens with one attached hydrogen (secondary N) is 1. The topological polar surface area (TPSA) is 62.2 Å². The van der Waals surface area contributed by atoms with E-state index in [4.69, 9.17) is 0 Å². The maximum Gasteiger partial charge on any atom is 0.325 e. The second-order valence-corrected chi connectivity index (χ2v) is 5.12. The van der Waals surface area contributed by atoms with E-state index in [2.05, 4.69) is 26.2 Å². The first-order valence-corrected chi connectivity index (χ1v) is 6.93. The third-order valence-corrected chi connectivity index (χ3v) is 3.60. The van der Waals surface area contributed by atoms with Crippen molar-refractivity contribution in [3.8, 4) is 0 Å². The van der Waals surface area contributed by atoms with Crippen molar-refractivity contribution in [2.75, 3.05) is 6.54 Å². The first-order valence-electron chi connectivity index (χ1n) is 6.14. The van der Waals surface area contributed by atoms with Crippen LogP contribution in [0.25, 0.3) is 10.9 Å². The molecule has 0 bridgehead atoms. The number of halogens is 1. The normalized spacial score (nSPS) is 12.5. The van der Waals surface area contributed by atoms with E-state index in [1.54, 1.807) is 12.3 Å². The van der Waals surface area contributed by atoms with E-state index in [1.165, 1.54) is 0 Å². The molecule has 0 saturated heterocycles. The first-order chi connectivity index (χ1) is 9.15. The molecule has 0 amide bonds. The summed E-state index contributed by atoms with van der Waals surface area (Å²) >= 11 is 3.46. The maximum absolute atomic E-state index is 11.4. The summed E-state index contributed by atoms with van der Waals surface area (Å²) in [5, 5.41) is 13.3. The van der Waals surface area contributed by atoms with Gasteiger partial charge in [-0.25, -0.2) is 0 Å². The molecule has 0 aliphatic heterocycles. The third-order valence-electron chi connectivity index (χ3n) is 2.90. The average Bonchev–Trinajstić information content (AvgIpc) is 2.41. The van der Waals surface area contributed by atoms with Gasteiger partial charge in [-0.05, 0) is 25.1 Å². The summed E-state index contributed by atoms with van der Waals surface area (Å²) in [6.07, 6.45) is 2.56. The van der Waals surface area contributed by atoms with Crippen LogP contribution in [0.4, 0.5) is 0 Å². The number of pyridine rings is 1. The zero-order chi connectivity index (χ0) is 13.8. The molecule has 0 spiro atoms. The van der Waals surface area contributed by atoms with Crippen molar-refractivity contribution < 1.29 is 9.90 Å². The Labute approximate surface area is 120 Å². The van der Waals surface area contributed by atoms with Crippen molar-refractivity contribution in [1.29, 1.82) is 0 Å². The van der Waals surface area contributed by atoms with Crippen molar-refractivity contribution in [2.45, 2.75) is 19.4 Å². The van der Waals surface area contributed by atoms with Crippen LogP contribution in [-0.4, -0.2) is 22.6 Å². The molecule has 1 unspecified atom stereocenters. The molecule has 0 aliphatic carbocycles. The number of fused-ring (bicyclic) bond motifs is 1. The van der Waals surface area contributed by atoms with E-state index >= 15 is 0 Å². The minimum atomic E-state index is -0.886. The van der Waals surface area contributed by atoms with Crippen LogP contribution in [0.1, 0.15) is 24.9 Å². The fourth-order valence-electron chi connectivity index (χ4n) is 2.01. The minimum absolute atomic E-state index is 0.654. The van der Waals surface area contributed by atoms with Crippen molar-refractivity contribution in [3.63, 3.8) is 0 Å². The lowest BCUT2D eigenvalue weighted by atomic mass is 10.0. The van der Waals surface area contributed by atoms with Gasteiger partial charge in [-0.2, -0.15) is 0 Å². The minimum Gasteiger partial charge on any atom is -0.480 e. The lowest BCUT2D eigenvalue weighted by molar-refractivity contribution is -0.139. The van der Waals surface area contributed by atoms with E-state index < -0.39 is 12.0 Å². The Balaban J connectivity index is 2.53. The van der Waals surface area contributed by atoms with Crippen molar-refractivity contribution in [3.05, 3.63) is 40.5 Å². The second kappa shape index (κ2) is 6.12. The van der Waals surface area contributed by atoms with Crippen molar-refractivity contribution in [1.82, 2.24) is 10.3 Å². The molecule has 0 radical (unpaired) electrons. The molecule has 2 N–H and O–H groups in total. The molecule has 0 aliphatic rings. The molecular weight excluding hydrogens is 308 g/mol. The van der Waals surface area contributed by atoms with Crippen LogP contribution in [0.5, 0.6) is 0 Å². The van der Waals surface area contributed by atoms with Crippen LogP contribution < -0.4 is 5.32 Å². The molecule has 2 aromatic rings. The van der Waals surface area contributed by atoms with Gasteiger partial charge in [0.25, 0.3) is 0 Å². The van der Waals surface area contributed by atoms with E-state index in [-0.39, 0.29) is 0 Å². The highest BCUT2D eigenvalue weighted by atomic mass is 79.9. The Morgan fingerprint density at radius 1 is 1.47 bits per heavy atom. The van der Waals surface area contributed by atoms with Gasteiger partial charge in [0.2, 0.25) is 0 Å². The smallest absolute Gasteiger partial charge is 0.325 e. The predicted octanol–water partition coefficient (Wildman–Crippen LogP) is 3.12. The molecule has 1 aromatic carbocycles. The highest BCUT2D eigenvalue weighted by Crippen LogP contribution is 2.28. The summed E-state index contributed by atoms with van der Waals surface area (Å²) < 4.78 is 0.916. The number of aromatic nitrogens is 1. The Bertz CT molecular complexity index is 601. The van der Waals surface area contributed by atoms with Crippen LogP contribution in [0.15, 0.2) is 34.9 Å². The number of carboxylic acid groups (broad SMARTS) is 1. The van der Waals surface area contributed by atoms with Gasteiger partial charge in [0.15, 0.2) is 0 Å². The summed E-state index contributed by atoms with van der Waals surface area (Å²) in [7, 11) is 0. The van der Waals surface area contributed by atoms with Crippen LogP contribution in [0.2, 0.25) is 0 Å². The van der Waals surface area contributed by atoms with Gasteiger partial charge in [0, 0.05) is 21.6 Å². The fourth-order valence-corrected chi connectivity index (χ4v) is 2.46. The molecular formula is C14H15BrN2O2. The zero-order valence-electron chi connectivity index (χ0n) is 10.6. The average molecular weight is 323 g/mol. The molecule has 19 heavy (non-hydrogen) atoms. The molecule has 100 valence electrons. The van der Waals surface area contributed by atoms with Crippen LogP contribution >= 0.6 is 15.9 Å². The lowest BCUT2D eigenvalue weighted by Crippen LogP contribution is -2.29. The summed E-state index contributed by atoms with van der Waals surface area (Å²) in [4.78, 5) is 15.8. The molecule has 1 heterocycles. The van der Waals surface area contributed by atoms with Gasteiger partial charge in [-0.1, -0.05) is 35.0 Å². The number of hydrogen-bond acceptors (Lipinski definition) is 3. The maximum atomic E-state index is 11.4. The third kappa shape index (κ3) is 2.93. The number of hydrogen-bond donors (Lipinski definition) is 2. The Morgan fingerprint density at radius 2 is 2.26 bits per heavy atom. The molecule has 2 rings (SSSR count). The van der Waals surface area contributed by atoms with Crippen molar-refractivity contribution >= 4 is 32.8 Å². The fraction of sp³-hybridized carbons (Fsp3) is 0.286. The van der Waals surface area contributed by atoms with Gasteiger partial charge in [-0.3, -0.25) is 9.78 Å². The van der Waals surface area contributed by atoms with Crippen LogP contribution in [0, 0.1) is 0 Å². The Kier molecular flexibility index (Phi) is 4.50. The number of aliphatic carboxylic acids is 1. The molecule has 5 heteroatoms. The highest BCUT2D eigenvalue weighted by Gasteiger charge is 2.22. The Morgan fingerprint density at radius 3 is 2.95 bits per heavy atom. The summed E-state index contributed by atoms with van der Waals surface area (Å²) in [6.45, 7) is 2.66. The van der Waals surface area contributed by atoms with Crippen LogP contribution in [0.3, 0.4) is 0 Å². The van der Waals surface area contributed by atoms with Gasteiger partial charge >= 0.3 is 5.97 Å². The van der Waals surface area contributed by atoms with E-state index in [9.17, 15) is 9.90 Å². The summed E-state index contributed by atoms with van der Waals surface area (Å²) in [5.74, 6) is -0.886. The van der Waals surface area contributed by atoms with Gasteiger partial charge < -0.3 is 10.4 Å². The van der Waals surface area contributed by atoms with Crippen molar-refractivity contribution in [2.24, 2.45) is 0 Å². The van der Waals surface area contributed by atoms with Gasteiger partial charge in [0.1, 0.15) is 6.04 Å². The van der Waals surface area contributed by atoms with Gasteiger partial charge in [-0.15, -0.1) is 0 Å². The number of rotatable bonds is 5. The van der Waals surface area contributed by atoms with E-state index in [0.29, 0.717) is 17.6 Å². The molecule has 1 aromatic heterocycles. The summed E-state index contributed by atoms with van der Waals surface area (Å²) in [5.41, 5.74) is 1.41. The second-order valence-electron chi connectivity index (χ2n) is 4.26. The highest BCUT2D eigenvalue weighted by molar-refractivity contribution is 9.10. The number of carbonyl (C=O) groups is 1. The van der Waals surface area contributed by atoms with E-state index in [1.807, 2.05) is 25.1 Å². The lowest BCUT2D eigenvalue weighted by Gasteiger charge is -2.16. The standard InChI is InChI=1S/C14H15BrN2O2/c1-2-7-16-13(14(18)19)10-5-6-11(15)9-4-3-8-17-12(9)10/h3-6,8,13,16H,2,7H2,1H3,(H,18,19). The monoisotopic (exact) mass is 322 g/mol. The molecule has 0 saturated carbocycles. The largest absolute Gasteiger partial charge is 0.480 e. The molecule has 4 nitrogen and oxygen atoms in total. The summed E-state index contributed by atoms with van der Waals surface area (Å²) in [6, 6.07) is 6.70. The zero-order valence-corrected chi connectivity index (χ0v) is 12.1. The van der Waals surface area contributed by atoms with Gasteiger partial charge in [0.05, 0.1) is 5.52 Å². The number of benzene rings is 1. The predicted molar refractivity (Wildman–Crippen MR) is 78.1 cm³/mol.